The van der Waals surface area contributed by atoms with Gasteiger partial charge in [-0.25, -0.2) is 12.7 Å². The van der Waals surface area contributed by atoms with Crippen LogP contribution >= 0.6 is 0 Å². The van der Waals surface area contributed by atoms with Gasteiger partial charge in [0.05, 0.1) is 24.1 Å². The number of carbonyl (C=O) groups is 1. The van der Waals surface area contributed by atoms with Crippen LogP contribution in [0, 0.1) is 13.8 Å². The number of amides is 1. The van der Waals surface area contributed by atoms with Crippen LogP contribution in [0.15, 0.2) is 41.3 Å². The summed E-state index contributed by atoms with van der Waals surface area (Å²) >= 11 is 0. The van der Waals surface area contributed by atoms with Gasteiger partial charge in [0, 0.05) is 14.1 Å². The van der Waals surface area contributed by atoms with Gasteiger partial charge in [0.2, 0.25) is 15.9 Å². The molecule has 6 nitrogen and oxygen atoms in total. The standard InChI is InChI=1S/C19H24N2O4S/c1-13-6-7-15(10-14(13)2)11-19(22)20-17-12-16(8-9-18(17)25-5)26(23,24)21(3)4/h6-10,12H,11H2,1-5H3,(H,20,22). The predicted molar refractivity (Wildman–Crippen MR) is 102 cm³/mol. The first-order valence-corrected chi connectivity index (χ1v) is 9.55. The molecule has 2 aromatic carbocycles. The van der Waals surface area contributed by atoms with Crippen molar-refractivity contribution in [2.24, 2.45) is 0 Å². The number of rotatable bonds is 6. The third-order valence-corrected chi connectivity index (χ3v) is 5.97. The molecule has 0 fully saturated rings. The van der Waals surface area contributed by atoms with E-state index in [1.54, 1.807) is 0 Å². The van der Waals surface area contributed by atoms with Crippen molar-refractivity contribution >= 4 is 21.6 Å². The molecule has 0 aliphatic heterocycles. The highest BCUT2D eigenvalue weighted by Gasteiger charge is 2.20. The van der Waals surface area contributed by atoms with Gasteiger partial charge in [-0.15, -0.1) is 0 Å². The maximum Gasteiger partial charge on any atom is 0.242 e. The van der Waals surface area contributed by atoms with Crippen LogP contribution in [0.3, 0.4) is 0 Å². The van der Waals surface area contributed by atoms with Gasteiger partial charge in [0.1, 0.15) is 5.75 Å². The summed E-state index contributed by atoms with van der Waals surface area (Å²) in [6.45, 7) is 4.01. The van der Waals surface area contributed by atoms with E-state index in [4.69, 9.17) is 4.74 Å². The Balaban J connectivity index is 2.26. The van der Waals surface area contributed by atoms with Crippen LogP contribution in [0.5, 0.6) is 5.75 Å². The molecule has 0 spiro atoms. The molecule has 0 aliphatic rings. The van der Waals surface area contributed by atoms with Crippen molar-refractivity contribution in [2.75, 3.05) is 26.5 Å². The summed E-state index contributed by atoms with van der Waals surface area (Å²) in [6.07, 6.45) is 0.189. The Labute approximate surface area is 154 Å². The number of aryl methyl sites for hydroxylation is 2. The smallest absolute Gasteiger partial charge is 0.242 e. The van der Waals surface area contributed by atoms with Crippen molar-refractivity contribution in [1.29, 1.82) is 0 Å². The summed E-state index contributed by atoms with van der Waals surface area (Å²) < 4.78 is 31.0. The number of methoxy groups -OCH3 is 1. The number of nitrogens with zero attached hydrogens (tertiary/aromatic N) is 1. The number of carbonyl (C=O) groups excluding carboxylic acids is 1. The number of anilines is 1. The number of hydrogen-bond donors (Lipinski definition) is 1. The van der Waals surface area contributed by atoms with Gasteiger partial charge in [0.25, 0.3) is 0 Å². The quantitative estimate of drug-likeness (QED) is 0.841. The molecule has 0 unspecified atom stereocenters. The second-order valence-corrected chi connectivity index (χ2v) is 8.44. The molecule has 7 heteroatoms. The van der Waals surface area contributed by atoms with Crippen LogP contribution in [0.2, 0.25) is 0 Å². The Bertz CT molecular complexity index is 921. The monoisotopic (exact) mass is 376 g/mol. The maximum atomic E-state index is 12.4. The molecule has 26 heavy (non-hydrogen) atoms. The van der Waals surface area contributed by atoms with Gasteiger partial charge in [-0.3, -0.25) is 4.79 Å². The minimum absolute atomic E-state index is 0.0878. The lowest BCUT2D eigenvalue weighted by atomic mass is 10.0. The molecule has 0 aliphatic carbocycles. The first kappa shape index (κ1) is 19.9. The van der Waals surface area contributed by atoms with Gasteiger partial charge in [0.15, 0.2) is 0 Å². The van der Waals surface area contributed by atoms with E-state index in [0.717, 1.165) is 21.0 Å². The molecule has 1 amide bonds. The lowest BCUT2D eigenvalue weighted by molar-refractivity contribution is -0.115. The minimum Gasteiger partial charge on any atom is -0.495 e. The van der Waals surface area contributed by atoms with Gasteiger partial charge < -0.3 is 10.1 Å². The average molecular weight is 376 g/mol. The molecule has 0 bridgehead atoms. The van der Waals surface area contributed by atoms with Crippen molar-refractivity contribution in [3.8, 4) is 5.75 Å². The Morgan fingerprint density at radius 3 is 2.35 bits per heavy atom. The van der Waals surface area contributed by atoms with Gasteiger partial charge in [-0.05, 0) is 48.7 Å². The van der Waals surface area contributed by atoms with E-state index < -0.39 is 10.0 Å². The van der Waals surface area contributed by atoms with Crippen molar-refractivity contribution in [3.05, 3.63) is 53.1 Å². The molecule has 0 aromatic heterocycles. The molecule has 0 saturated carbocycles. The average Bonchev–Trinajstić information content (AvgIpc) is 2.57. The number of ether oxygens (including phenoxy) is 1. The Kier molecular flexibility index (Phi) is 6.05. The number of nitrogens with one attached hydrogen (secondary N) is 1. The number of hydrogen-bond acceptors (Lipinski definition) is 4. The normalized spacial score (nSPS) is 11.5. The fourth-order valence-electron chi connectivity index (χ4n) is 2.45. The van der Waals surface area contributed by atoms with E-state index in [-0.39, 0.29) is 17.2 Å². The molecule has 0 saturated heterocycles. The van der Waals surface area contributed by atoms with E-state index in [1.807, 2.05) is 32.0 Å². The highest BCUT2D eigenvalue weighted by molar-refractivity contribution is 7.89. The number of benzene rings is 2. The summed E-state index contributed by atoms with van der Waals surface area (Å²) in [5.74, 6) is 0.155. The lowest BCUT2D eigenvalue weighted by Crippen LogP contribution is -2.22. The summed E-state index contributed by atoms with van der Waals surface area (Å²) in [6, 6.07) is 10.2. The molecular weight excluding hydrogens is 352 g/mol. The lowest BCUT2D eigenvalue weighted by Gasteiger charge is -2.15. The van der Waals surface area contributed by atoms with Crippen LogP contribution in [0.1, 0.15) is 16.7 Å². The fourth-order valence-corrected chi connectivity index (χ4v) is 3.38. The van der Waals surface area contributed by atoms with Crippen LogP contribution in [0.25, 0.3) is 0 Å². The van der Waals surface area contributed by atoms with Gasteiger partial charge >= 0.3 is 0 Å². The second-order valence-electron chi connectivity index (χ2n) is 6.29. The van der Waals surface area contributed by atoms with Gasteiger partial charge in [-0.2, -0.15) is 0 Å². The molecule has 2 aromatic rings. The molecule has 0 radical (unpaired) electrons. The predicted octanol–water partition coefficient (Wildman–Crippen LogP) is 2.74. The van der Waals surface area contributed by atoms with Crippen LogP contribution in [-0.2, 0) is 21.2 Å². The summed E-state index contributed by atoms with van der Waals surface area (Å²) in [4.78, 5) is 12.5. The highest BCUT2D eigenvalue weighted by Crippen LogP contribution is 2.28. The van der Waals surface area contributed by atoms with Crippen LogP contribution in [0.4, 0.5) is 5.69 Å². The highest BCUT2D eigenvalue weighted by atomic mass is 32.2. The summed E-state index contributed by atoms with van der Waals surface area (Å²) in [5, 5.41) is 2.75. The molecule has 0 heterocycles. The van der Waals surface area contributed by atoms with Crippen molar-refractivity contribution in [3.63, 3.8) is 0 Å². The molecule has 1 N–H and O–H groups in total. The Hall–Kier alpha value is -2.38. The van der Waals surface area contributed by atoms with Crippen molar-refractivity contribution < 1.29 is 17.9 Å². The first-order valence-electron chi connectivity index (χ1n) is 8.11. The van der Waals surface area contributed by atoms with Crippen molar-refractivity contribution in [1.82, 2.24) is 4.31 Å². The summed E-state index contributed by atoms with van der Waals surface area (Å²) in [5.41, 5.74) is 3.50. The second kappa shape index (κ2) is 7.88. The van der Waals surface area contributed by atoms with E-state index in [1.165, 1.54) is 39.4 Å². The Morgan fingerprint density at radius 2 is 1.77 bits per heavy atom. The fraction of sp³-hybridized carbons (Fsp3) is 0.316. The van der Waals surface area contributed by atoms with E-state index in [2.05, 4.69) is 5.32 Å². The van der Waals surface area contributed by atoms with Crippen LogP contribution in [-0.4, -0.2) is 39.8 Å². The Morgan fingerprint density at radius 1 is 1.08 bits per heavy atom. The van der Waals surface area contributed by atoms with E-state index in [9.17, 15) is 13.2 Å². The SMILES string of the molecule is COc1ccc(S(=O)(=O)N(C)C)cc1NC(=O)Cc1ccc(C)c(C)c1. The minimum atomic E-state index is -3.60. The third-order valence-electron chi connectivity index (χ3n) is 4.16. The molecule has 2 rings (SSSR count). The van der Waals surface area contributed by atoms with Gasteiger partial charge in [-0.1, -0.05) is 18.2 Å². The summed E-state index contributed by atoms with van der Waals surface area (Å²) in [7, 11) is 0.776. The molecule has 0 atom stereocenters. The third kappa shape index (κ3) is 4.42. The van der Waals surface area contributed by atoms with E-state index in [0.29, 0.717) is 11.4 Å². The molecular formula is C19H24N2O4S. The maximum absolute atomic E-state index is 12.4. The zero-order valence-corrected chi connectivity index (χ0v) is 16.5. The van der Waals surface area contributed by atoms with E-state index >= 15 is 0 Å². The van der Waals surface area contributed by atoms with Crippen molar-refractivity contribution in [2.45, 2.75) is 25.2 Å². The number of sulfonamides is 1. The molecule has 140 valence electrons. The largest absolute Gasteiger partial charge is 0.495 e. The zero-order chi connectivity index (χ0) is 19.5. The van der Waals surface area contributed by atoms with Crippen LogP contribution < -0.4 is 10.1 Å². The zero-order valence-electron chi connectivity index (χ0n) is 15.7. The first-order chi connectivity index (χ1) is 12.1. The topological polar surface area (TPSA) is 75.7 Å².